The van der Waals surface area contributed by atoms with Gasteiger partial charge in [-0.25, -0.2) is 0 Å². The van der Waals surface area contributed by atoms with E-state index in [2.05, 4.69) is 146 Å². The zero-order valence-electron chi connectivity index (χ0n) is 27.6. The van der Waals surface area contributed by atoms with Crippen molar-refractivity contribution in [1.82, 2.24) is 0 Å². The fraction of sp³-hybridized carbons (Fsp3) is 0.302. The highest BCUT2D eigenvalue weighted by molar-refractivity contribution is 9.11. The zero-order chi connectivity index (χ0) is 31.6. The van der Waals surface area contributed by atoms with Crippen LogP contribution in [0.3, 0.4) is 0 Å². The first-order valence-corrected chi connectivity index (χ1v) is 18.6. The summed E-state index contributed by atoms with van der Waals surface area (Å²) in [5, 5.41) is 0. The van der Waals surface area contributed by atoms with Crippen LogP contribution in [0.25, 0.3) is 0 Å². The lowest BCUT2D eigenvalue weighted by atomic mass is 9.25. The second kappa shape index (κ2) is 8.94. The Balaban J connectivity index is 1.31. The highest BCUT2D eigenvalue weighted by atomic mass is 79.9. The standard InChI is InChI=1S/C43H38B2BrN/c1-42(2)27-16-11-17-31-35(27)38-36-28(42)18-21-33-41(36)47-39-30(22-26(46)23-34(39)45(33)25-14-9-6-10-15-25)43(3,4)29-19-20-32(37(38)40(29)47)44(31)24-12-7-5-8-13-24/h5-9,11-14,16-20,22-23,30,33,38-39H,10,15,21H2,1-4H3. The van der Waals surface area contributed by atoms with Crippen molar-refractivity contribution in [2.75, 3.05) is 4.90 Å². The number of rotatable bonds is 2. The topological polar surface area (TPSA) is 3.24 Å². The Bertz CT molecular complexity index is 2180. The van der Waals surface area contributed by atoms with Crippen molar-refractivity contribution in [3.8, 4) is 0 Å². The molecule has 0 radical (unpaired) electrons. The maximum Gasteiger partial charge on any atom is 0.242 e. The fourth-order valence-corrected chi connectivity index (χ4v) is 12.4. The van der Waals surface area contributed by atoms with Gasteiger partial charge in [-0.15, -0.1) is 0 Å². The second-order valence-electron chi connectivity index (χ2n) is 16.4. The Morgan fingerprint density at radius 3 is 2.53 bits per heavy atom. The summed E-state index contributed by atoms with van der Waals surface area (Å²) in [6.07, 6.45) is 18.4. The van der Waals surface area contributed by atoms with Gasteiger partial charge in [0.05, 0.1) is 6.04 Å². The molecule has 8 aliphatic rings. The van der Waals surface area contributed by atoms with E-state index in [0.717, 1.165) is 12.8 Å². The third kappa shape index (κ3) is 3.16. The molecule has 3 aromatic rings. The highest BCUT2D eigenvalue weighted by Gasteiger charge is 2.62. The first kappa shape index (κ1) is 27.5. The average molecular weight is 670 g/mol. The van der Waals surface area contributed by atoms with Gasteiger partial charge in [0.15, 0.2) is 0 Å². The van der Waals surface area contributed by atoms with Crippen molar-refractivity contribution in [2.45, 2.75) is 75.6 Å². The maximum atomic E-state index is 4.06. The van der Waals surface area contributed by atoms with E-state index in [-0.39, 0.29) is 17.5 Å². The van der Waals surface area contributed by atoms with Crippen LogP contribution in [-0.4, -0.2) is 19.5 Å². The van der Waals surface area contributed by atoms with Crippen molar-refractivity contribution in [1.29, 1.82) is 0 Å². The smallest absolute Gasteiger partial charge is 0.242 e. The largest absolute Gasteiger partial charge is 0.338 e. The second-order valence-corrected chi connectivity index (χ2v) is 17.3. The van der Waals surface area contributed by atoms with Gasteiger partial charge in [0, 0.05) is 38.5 Å². The molecule has 47 heavy (non-hydrogen) atoms. The van der Waals surface area contributed by atoms with Gasteiger partial charge in [-0.05, 0) is 58.5 Å². The summed E-state index contributed by atoms with van der Waals surface area (Å²) < 4.78 is 1.26. The minimum atomic E-state index is -0.0502. The number of hydrogen-bond acceptors (Lipinski definition) is 1. The molecule has 1 saturated heterocycles. The Morgan fingerprint density at radius 1 is 0.894 bits per heavy atom. The van der Waals surface area contributed by atoms with Crippen LogP contribution in [-0.2, 0) is 10.8 Å². The first-order valence-electron chi connectivity index (χ1n) is 17.8. The summed E-state index contributed by atoms with van der Waals surface area (Å²) >= 11 is 4.06. The summed E-state index contributed by atoms with van der Waals surface area (Å²) in [7, 11) is 0. The summed E-state index contributed by atoms with van der Waals surface area (Å²) in [5.41, 5.74) is 20.4. The van der Waals surface area contributed by atoms with E-state index in [1.54, 1.807) is 44.6 Å². The Morgan fingerprint density at radius 2 is 1.72 bits per heavy atom. The van der Waals surface area contributed by atoms with Gasteiger partial charge < -0.3 is 4.90 Å². The lowest BCUT2D eigenvalue weighted by Gasteiger charge is -2.64. The van der Waals surface area contributed by atoms with Crippen molar-refractivity contribution in [3.05, 3.63) is 152 Å². The number of benzene rings is 3. The number of hydrogen-bond donors (Lipinski definition) is 0. The SMILES string of the molecule is CC1(C)C2=CCC3B(C4=CC=CCC4)C4=CC(Br)=CC5C4N4C3=C2C2c3c(cccc31)B(c1ccccc1)c1ccc(c4c12)C5(C)C. The molecule has 0 spiro atoms. The summed E-state index contributed by atoms with van der Waals surface area (Å²) in [6.45, 7) is 10.8. The Labute approximate surface area is 288 Å². The molecule has 4 aliphatic carbocycles. The van der Waals surface area contributed by atoms with Crippen LogP contribution in [0.15, 0.2) is 129 Å². The molecule has 1 fully saturated rings. The molecule has 4 heterocycles. The first-order chi connectivity index (χ1) is 22.8. The normalized spacial score (nSPS) is 28.8. The zero-order valence-corrected chi connectivity index (χ0v) is 29.2. The van der Waals surface area contributed by atoms with Crippen molar-refractivity contribution in [2.24, 2.45) is 5.92 Å². The minimum Gasteiger partial charge on any atom is -0.338 e. The van der Waals surface area contributed by atoms with E-state index in [9.17, 15) is 0 Å². The Kier molecular flexibility index (Phi) is 5.22. The van der Waals surface area contributed by atoms with Gasteiger partial charge in [0.1, 0.15) is 0 Å². The van der Waals surface area contributed by atoms with Crippen LogP contribution >= 0.6 is 15.9 Å². The lowest BCUT2D eigenvalue weighted by molar-refractivity contribution is 0.315. The van der Waals surface area contributed by atoms with Crippen LogP contribution in [0, 0.1) is 5.92 Å². The molecule has 4 unspecified atom stereocenters. The van der Waals surface area contributed by atoms with E-state index < -0.39 is 0 Å². The molecule has 0 bridgehead atoms. The summed E-state index contributed by atoms with van der Waals surface area (Å²) in [4.78, 5) is 2.96. The Hall–Kier alpha value is -3.49. The monoisotopic (exact) mass is 669 g/mol. The van der Waals surface area contributed by atoms with Crippen LogP contribution < -0.4 is 21.3 Å². The summed E-state index contributed by atoms with van der Waals surface area (Å²) in [5.74, 6) is 1.14. The van der Waals surface area contributed by atoms with E-state index in [1.165, 1.54) is 38.4 Å². The quantitative estimate of drug-likeness (QED) is 0.250. The molecule has 11 rings (SSSR count). The van der Waals surface area contributed by atoms with Crippen molar-refractivity contribution in [3.63, 3.8) is 0 Å². The average Bonchev–Trinajstić information content (AvgIpc) is 3.08. The van der Waals surface area contributed by atoms with E-state index in [4.69, 9.17) is 0 Å². The molecule has 4 heteroatoms. The van der Waals surface area contributed by atoms with Gasteiger partial charge in [0.2, 0.25) is 13.4 Å². The molecule has 228 valence electrons. The van der Waals surface area contributed by atoms with Crippen LogP contribution in [0.4, 0.5) is 5.69 Å². The molecular formula is C43H38B2BrN. The molecular weight excluding hydrogens is 632 g/mol. The molecule has 0 saturated carbocycles. The lowest BCUT2D eigenvalue weighted by Crippen LogP contribution is -2.66. The maximum absolute atomic E-state index is 4.06. The van der Waals surface area contributed by atoms with Gasteiger partial charge in [-0.2, -0.15) is 0 Å². The van der Waals surface area contributed by atoms with Gasteiger partial charge in [-0.3, -0.25) is 0 Å². The van der Waals surface area contributed by atoms with E-state index in [0.29, 0.717) is 30.4 Å². The molecule has 4 aliphatic heterocycles. The van der Waals surface area contributed by atoms with Crippen molar-refractivity contribution >= 4 is 51.4 Å². The van der Waals surface area contributed by atoms with Crippen LogP contribution in [0.1, 0.15) is 75.1 Å². The molecule has 4 atom stereocenters. The third-order valence-corrected chi connectivity index (χ3v) is 14.2. The molecule has 0 amide bonds. The molecule has 0 N–H and O–H groups in total. The van der Waals surface area contributed by atoms with E-state index in [1.807, 2.05) is 0 Å². The van der Waals surface area contributed by atoms with Crippen LogP contribution in [0.5, 0.6) is 0 Å². The summed E-state index contributed by atoms with van der Waals surface area (Å²) in [6, 6.07) is 24.1. The number of halogens is 1. The van der Waals surface area contributed by atoms with Crippen LogP contribution in [0.2, 0.25) is 5.82 Å². The fourth-order valence-electron chi connectivity index (χ4n) is 11.8. The van der Waals surface area contributed by atoms with Gasteiger partial charge in [-0.1, -0.05) is 168 Å². The molecule has 0 aromatic heterocycles. The minimum absolute atomic E-state index is 0.0102. The van der Waals surface area contributed by atoms with Crippen molar-refractivity contribution < 1.29 is 0 Å². The van der Waals surface area contributed by atoms with Gasteiger partial charge in [0.25, 0.3) is 0 Å². The molecule has 3 aromatic carbocycles. The number of nitrogens with zero attached hydrogens (tertiary/aromatic N) is 1. The van der Waals surface area contributed by atoms with E-state index >= 15 is 0 Å². The predicted octanol–water partition coefficient (Wildman–Crippen LogP) is 8.07. The molecule has 1 nitrogen and oxygen atoms in total. The number of allylic oxidation sites excluding steroid dienone is 10. The number of anilines is 1. The highest BCUT2D eigenvalue weighted by Crippen LogP contribution is 2.68. The third-order valence-electron chi connectivity index (χ3n) is 13.7. The predicted molar refractivity (Wildman–Crippen MR) is 202 cm³/mol. The van der Waals surface area contributed by atoms with Gasteiger partial charge >= 0.3 is 0 Å².